The van der Waals surface area contributed by atoms with Crippen LogP contribution >= 0.6 is 0 Å². The van der Waals surface area contributed by atoms with Gasteiger partial charge in [-0.05, 0) is 43.2 Å². The summed E-state index contributed by atoms with van der Waals surface area (Å²) in [6.07, 6.45) is 4.76. The Morgan fingerprint density at radius 2 is 2.17 bits per heavy atom. The largest absolute Gasteiger partial charge is 0.271 e. The molecule has 1 aliphatic carbocycles. The molecule has 0 heterocycles. The molecule has 0 aromatic heterocycles. The maximum Gasteiger partial charge on any atom is 0.128 e. The summed E-state index contributed by atoms with van der Waals surface area (Å²) in [5.74, 6) is 6.69. The first-order valence-corrected chi connectivity index (χ1v) is 6.84. The number of rotatable bonds is 3. The molecule has 2 rings (SSSR count). The molecule has 1 aliphatic rings. The lowest BCUT2D eigenvalue weighted by Gasteiger charge is -2.33. The number of hydrogen-bond donors (Lipinski definition) is 2. The lowest BCUT2D eigenvalue weighted by atomic mass is 9.77. The van der Waals surface area contributed by atoms with Crippen molar-refractivity contribution in [2.24, 2.45) is 17.7 Å². The Morgan fingerprint density at radius 3 is 2.78 bits per heavy atom. The normalized spacial score (nSPS) is 26.0. The quantitative estimate of drug-likeness (QED) is 0.637. The topological polar surface area (TPSA) is 38.0 Å². The van der Waals surface area contributed by atoms with Crippen molar-refractivity contribution in [3.8, 4) is 0 Å². The van der Waals surface area contributed by atoms with E-state index in [0.717, 1.165) is 18.4 Å². The summed E-state index contributed by atoms with van der Waals surface area (Å²) in [6, 6.07) is 5.35. The number of hydrogen-bond acceptors (Lipinski definition) is 2. The van der Waals surface area contributed by atoms with Crippen LogP contribution in [0.5, 0.6) is 0 Å². The van der Waals surface area contributed by atoms with E-state index in [-0.39, 0.29) is 11.9 Å². The minimum atomic E-state index is -0.142. The summed E-state index contributed by atoms with van der Waals surface area (Å²) in [6.45, 7) is 4.17. The highest BCUT2D eigenvalue weighted by Gasteiger charge is 2.28. The maximum absolute atomic E-state index is 14.0. The van der Waals surface area contributed by atoms with Gasteiger partial charge in [0.25, 0.3) is 0 Å². The van der Waals surface area contributed by atoms with Gasteiger partial charge in [0, 0.05) is 5.56 Å². The molecule has 0 amide bonds. The Kier molecular flexibility index (Phi) is 4.36. The van der Waals surface area contributed by atoms with Gasteiger partial charge in [-0.25, -0.2) is 4.39 Å². The monoisotopic (exact) mass is 250 g/mol. The first-order valence-electron chi connectivity index (χ1n) is 6.84. The van der Waals surface area contributed by atoms with Gasteiger partial charge in [0.1, 0.15) is 5.82 Å². The Balaban J connectivity index is 2.21. The second-order valence-corrected chi connectivity index (χ2v) is 5.70. The summed E-state index contributed by atoms with van der Waals surface area (Å²) >= 11 is 0. The SMILES string of the molecule is Cc1ccc(C(NN)C2CCCC(C)C2)c(F)c1. The highest BCUT2D eigenvalue weighted by atomic mass is 19.1. The van der Waals surface area contributed by atoms with Crippen LogP contribution < -0.4 is 11.3 Å². The van der Waals surface area contributed by atoms with Gasteiger partial charge in [0.15, 0.2) is 0 Å². The van der Waals surface area contributed by atoms with E-state index in [2.05, 4.69) is 12.3 Å². The van der Waals surface area contributed by atoms with Gasteiger partial charge < -0.3 is 0 Å². The van der Waals surface area contributed by atoms with Gasteiger partial charge in [-0.1, -0.05) is 31.9 Å². The Bertz CT molecular complexity index is 405. The molecule has 3 N–H and O–H groups in total. The predicted molar refractivity (Wildman–Crippen MR) is 72.3 cm³/mol. The van der Waals surface area contributed by atoms with E-state index in [1.54, 1.807) is 6.07 Å². The van der Waals surface area contributed by atoms with Gasteiger partial charge in [0.05, 0.1) is 6.04 Å². The minimum Gasteiger partial charge on any atom is -0.271 e. The molecule has 1 fully saturated rings. The summed E-state index contributed by atoms with van der Waals surface area (Å²) in [5.41, 5.74) is 4.49. The molecule has 0 saturated heterocycles. The fourth-order valence-corrected chi connectivity index (χ4v) is 3.15. The van der Waals surface area contributed by atoms with Crippen LogP contribution in [-0.4, -0.2) is 0 Å². The van der Waals surface area contributed by atoms with Crippen LogP contribution in [0.25, 0.3) is 0 Å². The number of nitrogens with one attached hydrogen (secondary N) is 1. The number of hydrazine groups is 1. The maximum atomic E-state index is 14.0. The van der Waals surface area contributed by atoms with Gasteiger partial charge in [0.2, 0.25) is 0 Å². The molecule has 0 aliphatic heterocycles. The molecule has 2 nitrogen and oxygen atoms in total. The fraction of sp³-hybridized carbons (Fsp3) is 0.600. The van der Waals surface area contributed by atoms with Crippen LogP contribution in [-0.2, 0) is 0 Å². The van der Waals surface area contributed by atoms with Crippen LogP contribution in [0.4, 0.5) is 4.39 Å². The van der Waals surface area contributed by atoms with Crippen LogP contribution in [0.3, 0.4) is 0 Å². The average Bonchev–Trinajstić information content (AvgIpc) is 2.33. The van der Waals surface area contributed by atoms with Crippen molar-refractivity contribution in [1.29, 1.82) is 0 Å². The van der Waals surface area contributed by atoms with Gasteiger partial charge >= 0.3 is 0 Å². The molecule has 3 unspecified atom stereocenters. The second-order valence-electron chi connectivity index (χ2n) is 5.70. The third-order valence-corrected chi connectivity index (χ3v) is 4.12. The number of halogens is 1. The Morgan fingerprint density at radius 1 is 1.39 bits per heavy atom. The van der Waals surface area contributed by atoms with E-state index < -0.39 is 0 Å². The first-order chi connectivity index (χ1) is 8.61. The standard InChI is InChI=1S/C15H23FN2/c1-10-4-3-5-12(8-10)15(18-17)13-7-6-11(2)9-14(13)16/h6-7,9-10,12,15,18H,3-5,8,17H2,1-2H3. The van der Waals surface area contributed by atoms with Crippen LogP contribution in [0.2, 0.25) is 0 Å². The molecule has 100 valence electrons. The average molecular weight is 250 g/mol. The van der Waals surface area contributed by atoms with E-state index in [4.69, 9.17) is 5.84 Å². The van der Waals surface area contributed by atoms with Crippen LogP contribution in [0, 0.1) is 24.6 Å². The van der Waals surface area contributed by atoms with Gasteiger partial charge in [-0.2, -0.15) is 0 Å². The minimum absolute atomic E-state index is 0.0617. The predicted octanol–water partition coefficient (Wildman–Crippen LogP) is 3.46. The summed E-state index contributed by atoms with van der Waals surface area (Å²) in [5, 5.41) is 0. The van der Waals surface area contributed by atoms with Crippen molar-refractivity contribution in [3.05, 3.63) is 35.1 Å². The molecule has 1 saturated carbocycles. The van der Waals surface area contributed by atoms with E-state index in [0.29, 0.717) is 17.4 Å². The highest BCUT2D eigenvalue weighted by molar-refractivity contribution is 5.26. The molecule has 1 aromatic carbocycles. The van der Waals surface area contributed by atoms with Crippen molar-refractivity contribution in [1.82, 2.24) is 5.43 Å². The van der Waals surface area contributed by atoms with Crippen molar-refractivity contribution in [2.45, 2.75) is 45.6 Å². The van der Waals surface area contributed by atoms with E-state index in [1.165, 1.54) is 12.8 Å². The zero-order chi connectivity index (χ0) is 13.1. The van der Waals surface area contributed by atoms with E-state index in [9.17, 15) is 4.39 Å². The third kappa shape index (κ3) is 2.90. The number of aryl methyl sites for hydroxylation is 1. The lowest BCUT2D eigenvalue weighted by molar-refractivity contribution is 0.221. The van der Waals surface area contributed by atoms with Crippen molar-refractivity contribution >= 4 is 0 Å². The summed E-state index contributed by atoms with van der Waals surface area (Å²) in [7, 11) is 0. The number of benzene rings is 1. The summed E-state index contributed by atoms with van der Waals surface area (Å²) in [4.78, 5) is 0. The molecule has 0 bridgehead atoms. The molecule has 3 heteroatoms. The van der Waals surface area contributed by atoms with Crippen LogP contribution in [0.15, 0.2) is 18.2 Å². The lowest BCUT2D eigenvalue weighted by Crippen LogP contribution is -2.36. The van der Waals surface area contributed by atoms with Crippen molar-refractivity contribution < 1.29 is 4.39 Å². The van der Waals surface area contributed by atoms with E-state index >= 15 is 0 Å². The molecular weight excluding hydrogens is 227 g/mol. The van der Waals surface area contributed by atoms with Crippen molar-refractivity contribution in [2.75, 3.05) is 0 Å². The smallest absolute Gasteiger partial charge is 0.128 e. The molecule has 0 spiro atoms. The zero-order valence-electron chi connectivity index (χ0n) is 11.2. The molecule has 18 heavy (non-hydrogen) atoms. The Hall–Kier alpha value is -0.930. The third-order valence-electron chi connectivity index (χ3n) is 4.12. The van der Waals surface area contributed by atoms with E-state index in [1.807, 2.05) is 19.1 Å². The first kappa shape index (κ1) is 13.5. The Labute approximate surface area is 109 Å². The fourth-order valence-electron chi connectivity index (χ4n) is 3.15. The van der Waals surface area contributed by atoms with Gasteiger partial charge in [-0.3, -0.25) is 11.3 Å². The zero-order valence-corrected chi connectivity index (χ0v) is 11.2. The number of nitrogens with two attached hydrogens (primary N) is 1. The molecule has 1 aromatic rings. The molecular formula is C15H23FN2. The van der Waals surface area contributed by atoms with Gasteiger partial charge in [-0.15, -0.1) is 0 Å². The molecule has 0 radical (unpaired) electrons. The van der Waals surface area contributed by atoms with Crippen LogP contribution in [0.1, 0.15) is 49.8 Å². The second kappa shape index (κ2) is 5.81. The molecule has 3 atom stereocenters. The summed E-state index contributed by atoms with van der Waals surface area (Å²) < 4.78 is 14.0. The van der Waals surface area contributed by atoms with Crippen molar-refractivity contribution in [3.63, 3.8) is 0 Å². The highest BCUT2D eigenvalue weighted by Crippen LogP contribution is 2.37.